The van der Waals surface area contributed by atoms with Crippen LogP contribution >= 0.6 is 0 Å². The van der Waals surface area contributed by atoms with E-state index in [1.165, 1.54) is 19.4 Å². The van der Waals surface area contributed by atoms with Crippen LogP contribution in [0.1, 0.15) is 24.5 Å². The zero-order valence-corrected chi connectivity index (χ0v) is 12.3. The average molecular weight is 276 g/mol. The van der Waals surface area contributed by atoms with Crippen LogP contribution in [0.4, 0.5) is 0 Å². The standard InChI is InChI=1S/C16H24N2O2/c1-17-9-5-6-12(10-17)18(2)14-11-20-15-8-4-3-7-13(15)16(14)19/h3-4,7-8,12,14,16,19H,5-6,9-11H2,1-2H3. The summed E-state index contributed by atoms with van der Waals surface area (Å²) in [5.41, 5.74) is 0.916. The number of hydrogen-bond donors (Lipinski definition) is 1. The lowest BCUT2D eigenvalue weighted by Crippen LogP contribution is -2.53. The maximum atomic E-state index is 10.7. The molecule has 0 aliphatic carbocycles. The van der Waals surface area contributed by atoms with Gasteiger partial charge in [0.15, 0.2) is 0 Å². The number of rotatable bonds is 2. The second-order valence-corrected chi connectivity index (χ2v) is 6.08. The van der Waals surface area contributed by atoms with Gasteiger partial charge in [0.2, 0.25) is 0 Å². The van der Waals surface area contributed by atoms with Crippen LogP contribution in [0.15, 0.2) is 24.3 Å². The Kier molecular flexibility index (Phi) is 3.96. The largest absolute Gasteiger partial charge is 0.491 e. The van der Waals surface area contributed by atoms with Crippen molar-refractivity contribution in [1.82, 2.24) is 9.80 Å². The van der Waals surface area contributed by atoms with Crippen LogP contribution in [0.2, 0.25) is 0 Å². The molecule has 3 unspecified atom stereocenters. The summed E-state index contributed by atoms with van der Waals surface area (Å²) in [5, 5.41) is 10.7. The van der Waals surface area contributed by atoms with Gasteiger partial charge in [-0.25, -0.2) is 0 Å². The van der Waals surface area contributed by atoms with Crippen molar-refractivity contribution in [2.45, 2.75) is 31.0 Å². The minimum Gasteiger partial charge on any atom is -0.491 e. The maximum absolute atomic E-state index is 10.7. The molecule has 0 bridgehead atoms. The van der Waals surface area contributed by atoms with Crippen molar-refractivity contribution in [3.05, 3.63) is 29.8 Å². The van der Waals surface area contributed by atoms with E-state index in [-0.39, 0.29) is 6.04 Å². The van der Waals surface area contributed by atoms with Gasteiger partial charge in [0, 0.05) is 18.2 Å². The monoisotopic (exact) mass is 276 g/mol. The van der Waals surface area contributed by atoms with E-state index < -0.39 is 6.10 Å². The fourth-order valence-electron chi connectivity index (χ4n) is 3.41. The molecule has 110 valence electrons. The summed E-state index contributed by atoms with van der Waals surface area (Å²) < 4.78 is 5.83. The fraction of sp³-hybridized carbons (Fsp3) is 0.625. The van der Waals surface area contributed by atoms with E-state index in [0.29, 0.717) is 12.6 Å². The van der Waals surface area contributed by atoms with Gasteiger partial charge >= 0.3 is 0 Å². The number of likely N-dealkylation sites (tertiary alicyclic amines) is 1. The first-order valence-electron chi connectivity index (χ1n) is 7.47. The summed E-state index contributed by atoms with van der Waals surface area (Å²) in [7, 11) is 4.29. The molecule has 0 spiro atoms. The summed E-state index contributed by atoms with van der Waals surface area (Å²) >= 11 is 0. The first-order valence-corrected chi connectivity index (χ1v) is 7.47. The van der Waals surface area contributed by atoms with Crippen LogP contribution in [0.25, 0.3) is 0 Å². The van der Waals surface area contributed by atoms with Gasteiger partial charge < -0.3 is 14.7 Å². The number of aliphatic hydroxyl groups excluding tert-OH is 1. The minimum atomic E-state index is -0.461. The maximum Gasteiger partial charge on any atom is 0.125 e. The summed E-state index contributed by atoms with van der Waals surface area (Å²) in [6, 6.07) is 8.35. The number of nitrogens with zero attached hydrogens (tertiary/aromatic N) is 2. The van der Waals surface area contributed by atoms with Gasteiger partial charge in [-0.1, -0.05) is 18.2 Å². The highest BCUT2D eigenvalue weighted by molar-refractivity contribution is 5.37. The Labute approximate surface area is 120 Å². The van der Waals surface area contributed by atoms with Crippen LogP contribution in [0.3, 0.4) is 0 Å². The van der Waals surface area contributed by atoms with Crippen LogP contribution in [-0.4, -0.2) is 60.8 Å². The first-order chi connectivity index (χ1) is 9.66. The summed E-state index contributed by atoms with van der Waals surface area (Å²) in [4.78, 5) is 4.69. The van der Waals surface area contributed by atoms with Crippen LogP contribution in [0.5, 0.6) is 5.75 Å². The molecule has 20 heavy (non-hydrogen) atoms. The Bertz CT molecular complexity index is 466. The second kappa shape index (κ2) is 5.72. The van der Waals surface area contributed by atoms with Gasteiger partial charge in [-0.3, -0.25) is 4.90 Å². The molecule has 1 aromatic rings. The van der Waals surface area contributed by atoms with Crippen LogP contribution < -0.4 is 4.74 Å². The highest BCUT2D eigenvalue weighted by Gasteiger charge is 2.35. The number of benzene rings is 1. The molecule has 1 N–H and O–H groups in total. The van der Waals surface area contributed by atoms with Gasteiger partial charge in [-0.2, -0.15) is 0 Å². The lowest BCUT2D eigenvalue weighted by Gasteiger charge is -2.43. The molecule has 3 rings (SSSR count). The van der Waals surface area contributed by atoms with Gasteiger partial charge in [-0.15, -0.1) is 0 Å². The SMILES string of the molecule is CN1CCCC(N(C)C2COc3ccccc3C2O)C1. The van der Waals surface area contributed by atoms with Gasteiger partial charge in [0.25, 0.3) is 0 Å². The number of hydrogen-bond acceptors (Lipinski definition) is 4. The quantitative estimate of drug-likeness (QED) is 0.888. The predicted octanol–water partition coefficient (Wildman–Crippen LogP) is 1.51. The summed E-state index contributed by atoms with van der Waals surface area (Å²) in [6.07, 6.45) is 1.97. The van der Waals surface area contributed by atoms with E-state index in [1.807, 2.05) is 24.3 Å². The van der Waals surface area contributed by atoms with Crippen LogP contribution in [0, 0.1) is 0 Å². The van der Waals surface area contributed by atoms with E-state index >= 15 is 0 Å². The summed E-state index contributed by atoms with van der Waals surface area (Å²) in [5.74, 6) is 0.824. The van der Waals surface area contributed by atoms with Crippen molar-refractivity contribution >= 4 is 0 Å². The Hall–Kier alpha value is -1.10. The van der Waals surface area contributed by atoms with E-state index in [9.17, 15) is 5.11 Å². The van der Waals surface area contributed by atoms with Crippen molar-refractivity contribution in [1.29, 1.82) is 0 Å². The summed E-state index contributed by atoms with van der Waals surface area (Å²) in [6.45, 7) is 2.81. The van der Waals surface area contributed by atoms with Gasteiger partial charge in [0.05, 0.1) is 6.04 Å². The smallest absolute Gasteiger partial charge is 0.125 e. The molecular formula is C16H24N2O2. The molecule has 1 aromatic carbocycles. The molecular weight excluding hydrogens is 252 g/mol. The van der Waals surface area contributed by atoms with Crippen molar-refractivity contribution in [3.63, 3.8) is 0 Å². The lowest BCUT2D eigenvalue weighted by atomic mass is 9.95. The van der Waals surface area contributed by atoms with E-state index in [4.69, 9.17) is 4.74 Å². The number of aliphatic hydroxyl groups is 1. The Balaban J connectivity index is 1.74. The number of piperidine rings is 1. The molecule has 3 atom stereocenters. The molecule has 0 saturated carbocycles. The third-order valence-corrected chi connectivity index (χ3v) is 4.71. The zero-order chi connectivity index (χ0) is 14.1. The van der Waals surface area contributed by atoms with Crippen molar-refractivity contribution in [2.24, 2.45) is 0 Å². The predicted molar refractivity (Wildman–Crippen MR) is 79.0 cm³/mol. The highest BCUT2D eigenvalue weighted by atomic mass is 16.5. The highest BCUT2D eigenvalue weighted by Crippen LogP contribution is 2.34. The molecule has 1 saturated heterocycles. The molecule has 0 radical (unpaired) electrons. The third-order valence-electron chi connectivity index (χ3n) is 4.71. The van der Waals surface area contributed by atoms with Crippen LogP contribution in [-0.2, 0) is 0 Å². The molecule has 0 aromatic heterocycles. The molecule has 0 amide bonds. The normalized spacial score (nSPS) is 30.9. The Morgan fingerprint density at radius 1 is 1.35 bits per heavy atom. The lowest BCUT2D eigenvalue weighted by molar-refractivity contribution is -0.0163. The molecule has 2 aliphatic heterocycles. The van der Waals surface area contributed by atoms with Crippen molar-refractivity contribution in [3.8, 4) is 5.75 Å². The number of para-hydroxylation sites is 1. The van der Waals surface area contributed by atoms with Gasteiger partial charge in [-0.05, 0) is 39.5 Å². The second-order valence-electron chi connectivity index (χ2n) is 6.08. The van der Waals surface area contributed by atoms with E-state index in [1.54, 1.807) is 0 Å². The van der Waals surface area contributed by atoms with E-state index in [0.717, 1.165) is 17.9 Å². The molecule has 2 aliphatic rings. The first kappa shape index (κ1) is 13.9. The number of ether oxygens (including phenoxy) is 1. The Morgan fingerprint density at radius 2 is 2.15 bits per heavy atom. The Morgan fingerprint density at radius 3 is 2.95 bits per heavy atom. The van der Waals surface area contributed by atoms with Crippen molar-refractivity contribution in [2.75, 3.05) is 33.8 Å². The number of fused-ring (bicyclic) bond motifs is 1. The molecule has 2 heterocycles. The van der Waals surface area contributed by atoms with E-state index in [2.05, 4.69) is 23.9 Å². The van der Waals surface area contributed by atoms with Gasteiger partial charge in [0.1, 0.15) is 18.5 Å². The number of likely N-dealkylation sites (N-methyl/N-ethyl adjacent to an activating group) is 2. The molecule has 4 nitrogen and oxygen atoms in total. The minimum absolute atomic E-state index is 0.0430. The topological polar surface area (TPSA) is 35.9 Å². The van der Waals surface area contributed by atoms with Crippen molar-refractivity contribution < 1.29 is 9.84 Å². The molecule has 4 heteroatoms. The third kappa shape index (κ3) is 2.55. The fourth-order valence-corrected chi connectivity index (χ4v) is 3.41. The zero-order valence-electron chi connectivity index (χ0n) is 12.3. The molecule has 1 fully saturated rings. The average Bonchev–Trinajstić information content (AvgIpc) is 2.47.